The molecule has 0 spiro atoms. The number of H-pyrrole nitrogens is 1. The van der Waals surface area contributed by atoms with Crippen molar-refractivity contribution in [3.05, 3.63) is 56.9 Å². The van der Waals surface area contributed by atoms with E-state index >= 15 is 0 Å². The molecule has 0 radical (unpaired) electrons. The van der Waals surface area contributed by atoms with E-state index in [4.69, 9.17) is 11.6 Å². The third-order valence-electron chi connectivity index (χ3n) is 3.49. The molecule has 2 aromatic heterocycles. The monoisotopic (exact) mass is 318 g/mol. The maximum atomic E-state index is 11.9. The van der Waals surface area contributed by atoms with Gasteiger partial charge in [0.05, 0.1) is 4.88 Å². The number of aromatic amines is 1. The fraction of sp³-hybridized carbons (Fsp3) is 0.188. The van der Waals surface area contributed by atoms with Gasteiger partial charge in [-0.3, -0.25) is 4.79 Å². The van der Waals surface area contributed by atoms with Crippen LogP contribution in [0.2, 0.25) is 5.02 Å². The summed E-state index contributed by atoms with van der Waals surface area (Å²) in [5.41, 5.74) is 3.41. The molecule has 3 aromatic rings. The fourth-order valence-corrected chi connectivity index (χ4v) is 3.28. The predicted molar refractivity (Wildman–Crippen MR) is 88.4 cm³/mol. The molecule has 0 aliphatic carbocycles. The van der Waals surface area contributed by atoms with E-state index in [0.29, 0.717) is 6.54 Å². The van der Waals surface area contributed by atoms with Crippen LogP contribution < -0.4 is 5.32 Å². The first-order chi connectivity index (χ1) is 10.1. The lowest BCUT2D eigenvalue weighted by atomic mass is 10.1. The number of hydrogen-bond donors (Lipinski definition) is 2. The number of rotatable bonds is 4. The van der Waals surface area contributed by atoms with E-state index in [9.17, 15) is 4.79 Å². The summed E-state index contributed by atoms with van der Waals surface area (Å²) in [4.78, 5) is 16.0. The van der Waals surface area contributed by atoms with Crippen molar-refractivity contribution in [2.24, 2.45) is 0 Å². The van der Waals surface area contributed by atoms with E-state index in [-0.39, 0.29) is 5.91 Å². The number of fused-ring (bicyclic) bond motifs is 1. The number of benzene rings is 1. The van der Waals surface area contributed by atoms with E-state index in [1.165, 1.54) is 16.9 Å². The minimum atomic E-state index is -0.0134. The second-order valence-electron chi connectivity index (χ2n) is 4.90. The van der Waals surface area contributed by atoms with Crippen LogP contribution in [0, 0.1) is 6.92 Å². The molecular weight excluding hydrogens is 304 g/mol. The molecule has 0 atom stereocenters. The first kappa shape index (κ1) is 14.2. The molecule has 0 unspecified atom stereocenters. The zero-order valence-corrected chi connectivity index (χ0v) is 13.1. The molecule has 0 saturated heterocycles. The van der Waals surface area contributed by atoms with Crippen molar-refractivity contribution in [2.45, 2.75) is 13.3 Å². The number of carbonyl (C=O) groups excluding carboxylic acids is 1. The molecule has 108 valence electrons. The van der Waals surface area contributed by atoms with Gasteiger partial charge in [0.2, 0.25) is 0 Å². The lowest BCUT2D eigenvalue weighted by Crippen LogP contribution is -2.24. The molecule has 0 saturated carbocycles. The zero-order valence-electron chi connectivity index (χ0n) is 11.6. The van der Waals surface area contributed by atoms with Crippen molar-refractivity contribution < 1.29 is 4.79 Å². The van der Waals surface area contributed by atoms with Crippen LogP contribution >= 0.6 is 22.9 Å². The van der Waals surface area contributed by atoms with Crippen LogP contribution in [0.25, 0.3) is 10.9 Å². The van der Waals surface area contributed by atoms with Crippen molar-refractivity contribution in [3.8, 4) is 0 Å². The average Bonchev–Trinajstić information content (AvgIpc) is 3.08. The van der Waals surface area contributed by atoms with Gasteiger partial charge in [-0.05, 0) is 48.6 Å². The Morgan fingerprint density at radius 1 is 1.38 bits per heavy atom. The minimum Gasteiger partial charge on any atom is -0.358 e. The average molecular weight is 319 g/mol. The SMILES string of the molecule is Cc1[nH]c2ccc(Cl)cc2c1CCNC(=O)c1cccs1. The third kappa shape index (κ3) is 2.96. The molecule has 0 bridgehead atoms. The van der Waals surface area contributed by atoms with E-state index < -0.39 is 0 Å². The van der Waals surface area contributed by atoms with Gasteiger partial charge in [-0.25, -0.2) is 0 Å². The molecule has 0 aliphatic rings. The molecule has 2 heterocycles. The van der Waals surface area contributed by atoms with Crippen LogP contribution in [-0.4, -0.2) is 17.4 Å². The van der Waals surface area contributed by atoms with Crippen LogP contribution in [0.4, 0.5) is 0 Å². The van der Waals surface area contributed by atoms with Crippen LogP contribution in [-0.2, 0) is 6.42 Å². The predicted octanol–water partition coefficient (Wildman–Crippen LogP) is 4.16. The molecule has 0 fully saturated rings. The van der Waals surface area contributed by atoms with Crippen LogP contribution in [0.1, 0.15) is 20.9 Å². The lowest BCUT2D eigenvalue weighted by molar-refractivity contribution is 0.0958. The zero-order chi connectivity index (χ0) is 14.8. The second-order valence-corrected chi connectivity index (χ2v) is 6.29. The summed E-state index contributed by atoms with van der Waals surface area (Å²) in [7, 11) is 0. The maximum Gasteiger partial charge on any atom is 0.261 e. The molecule has 2 N–H and O–H groups in total. The molecule has 3 nitrogen and oxygen atoms in total. The molecule has 21 heavy (non-hydrogen) atoms. The molecule has 3 rings (SSSR count). The Morgan fingerprint density at radius 2 is 2.24 bits per heavy atom. The molecule has 1 amide bonds. The Kier molecular flexibility index (Phi) is 3.99. The first-order valence-corrected chi connectivity index (χ1v) is 7.99. The Morgan fingerprint density at radius 3 is 3.00 bits per heavy atom. The first-order valence-electron chi connectivity index (χ1n) is 6.73. The van der Waals surface area contributed by atoms with Gasteiger partial charge in [0, 0.05) is 28.2 Å². The van der Waals surface area contributed by atoms with Gasteiger partial charge in [-0.2, -0.15) is 0 Å². The second kappa shape index (κ2) is 5.92. The Balaban J connectivity index is 1.72. The van der Waals surface area contributed by atoms with Crippen molar-refractivity contribution in [1.29, 1.82) is 0 Å². The third-order valence-corrected chi connectivity index (χ3v) is 4.59. The Labute approximate surface area is 131 Å². The van der Waals surface area contributed by atoms with E-state index in [0.717, 1.165) is 32.9 Å². The van der Waals surface area contributed by atoms with Gasteiger partial charge < -0.3 is 10.3 Å². The summed E-state index contributed by atoms with van der Waals surface area (Å²) < 4.78 is 0. The van der Waals surface area contributed by atoms with Gasteiger partial charge >= 0.3 is 0 Å². The highest BCUT2D eigenvalue weighted by Crippen LogP contribution is 2.25. The quantitative estimate of drug-likeness (QED) is 0.745. The topological polar surface area (TPSA) is 44.9 Å². The summed E-state index contributed by atoms with van der Waals surface area (Å²) >= 11 is 7.52. The van der Waals surface area contributed by atoms with Crippen molar-refractivity contribution in [2.75, 3.05) is 6.54 Å². The number of hydrogen-bond acceptors (Lipinski definition) is 2. The van der Waals surface area contributed by atoms with E-state index in [1.807, 2.05) is 42.6 Å². The summed E-state index contributed by atoms with van der Waals surface area (Å²) in [5.74, 6) is -0.0134. The van der Waals surface area contributed by atoms with Crippen molar-refractivity contribution >= 4 is 39.7 Å². The summed E-state index contributed by atoms with van der Waals surface area (Å²) in [6, 6.07) is 9.54. The Hall–Kier alpha value is -1.78. The van der Waals surface area contributed by atoms with E-state index in [1.54, 1.807) is 0 Å². The van der Waals surface area contributed by atoms with Gasteiger partial charge in [-0.1, -0.05) is 17.7 Å². The summed E-state index contributed by atoms with van der Waals surface area (Å²) in [6.07, 6.45) is 0.781. The van der Waals surface area contributed by atoms with Crippen molar-refractivity contribution in [1.82, 2.24) is 10.3 Å². The summed E-state index contributed by atoms with van der Waals surface area (Å²) in [5, 5.41) is 6.72. The number of carbonyl (C=O) groups is 1. The van der Waals surface area contributed by atoms with Gasteiger partial charge in [0.15, 0.2) is 0 Å². The summed E-state index contributed by atoms with van der Waals surface area (Å²) in [6.45, 7) is 2.65. The molecular formula is C16H15ClN2OS. The highest BCUT2D eigenvalue weighted by Gasteiger charge is 2.10. The number of aryl methyl sites for hydroxylation is 1. The Bertz CT molecular complexity index is 777. The van der Waals surface area contributed by atoms with Crippen LogP contribution in [0.15, 0.2) is 35.7 Å². The van der Waals surface area contributed by atoms with Crippen LogP contribution in [0.5, 0.6) is 0 Å². The smallest absolute Gasteiger partial charge is 0.261 e. The fourth-order valence-electron chi connectivity index (χ4n) is 2.47. The van der Waals surface area contributed by atoms with Crippen molar-refractivity contribution in [3.63, 3.8) is 0 Å². The van der Waals surface area contributed by atoms with Gasteiger partial charge in [0.25, 0.3) is 5.91 Å². The van der Waals surface area contributed by atoms with Gasteiger partial charge in [-0.15, -0.1) is 11.3 Å². The number of nitrogens with one attached hydrogen (secondary N) is 2. The van der Waals surface area contributed by atoms with Crippen LogP contribution in [0.3, 0.4) is 0 Å². The number of halogens is 1. The lowest BCUT2D eigenvalue weighted by Gasteiger charge is -2.04. The normalized spacial score (nSPS) is 11.0. The highest BCUT2D eigenvalue weighted by atomic mass is 35.5. The van der Waals surface area contributed by atoms with E-state index in [2.05, 4.69) is 10.3 Å². The standard InChI is InChI=1S/C16H15ClN2OS/c1-10-12(13-9-11(17)4-5-14(13)19-10)6-7-18-16(20)15-3-2-8-21-15/h2-5,8-9,19H,6-7H2,1H3,(H,18,20). The largest absolute Gasteiger partial charge is 0.358 e. The number of aromatic nitrogens is 1. The van der Waals surface area contributed by atoms with Gasteiger partial charge in [0.1, 0.15) is 0 Å². The maximum absolute atomic E-state index is 11.9. The molecule has 0 aliphatic heterocycles. The minimum absolute atomic E-state index is 0.0134. The molecule has 1 aromatic carbocycles. The number of amides is 1. The highest BCUT2D eigenvalue weighted by molar-refractivity contribution is 7.12. The molecule has 5 heteroatoms. The number of thiophene rings is 1.